The number of anilines is 2. The Labute approximate surface area is 177 Å². The molecule has 3 rings (SSSR count). The second-order valence-corrected chi connectivity index (χ2v) is 8.64. The Balaban J connectivity index is 1.72. The SMILES string of the molecule is COc1ccc(C(=O)Nc2ccc(S(=O)(=O)Nc3ccccc3)cc2)cc1I. The van der Waals surface area contributed by atoms with Gasteiger partial charge < -0.3 is 10.1 Å². The molecular weight excluding hydrogens is 491 g/mol. The fraction of sp³-hybridized carbons (Fsp3) is 0.0500. The minimum atomic E-state index is -3.70. The maximum absolute atomic E-state index is 12.4. The molecule has 1 amide bonds. The van der Waals surface area contributed by atoms with Crippen LogP contribution in [0.1, 0.15) is 10.4 Å². The zero-order valence-corrected chi connectivity index (χ0v) is 17.8. The molecule has 0 saturated carbocycles. The average Bonchev–Trinajstić information content (AvgIpc) is 2.68. The van der Waals surface area contributed by atoms with Crippen LogP contribution in [0.5, 0.6) is 5.75 Å². The van der Waals surface area contributed by atoms with Crippen LogP contribution in [0.2, 0.25) is 0 Å². The monoisotopic (exact) mass is 508 g/mol. The van der Waals surface area contributed by atoms with E-state index in [1.807, 2.05) is 0 Å². The third-order valence-corrected chi connectivity index (χ3v) is 6.10. The maximum Gasteiger partial charge on any atom is 0.261 e. The van der Waals surface area contributed by atoms with E-state index in [1.54, 1.807) is 67.8 Å². The largest absolute Gasteiger partial charge is 0.496 e. The Morgan fingerprint density at radius 3 is 2.21 bits per heavy atom. The lowest BCUT2D eigenvalue weighted by Crippen LogP contribution is -2.14. The minimum absolute atomic E-state index is 0.105. The van der Waals surface area contributed by atoms with Gasteiger partial charge >= 0.3 is 0 Å². The topological polar surface area (TPSA) is 84.5 Å². The zero-order chi connectivity index (χ0) is 20.1. The van der Waals surface area contributed by atoms with Gasteiger partial charge in [0.1, 0.15) is 5.75 Å². The smallest absolute Gasteiger partial charge is 0.261 e. The maximum atomic E-state index is 12.4. The summed E-state index contributed by atoms with van der Waals surface area (Å²) in [7, 11) is -2.13. The van der Waals surface area contributed by atoms with Crippen molar-refractivity contribution in [3.05, 3.63) is 81.9 Å². The fourth-order valence-corrected chi connectivity index (χ4v) is 4.24. The van der Waals surface area contributed by atoms with Gasteiger partial charge in [0.2, 0.25) is 0 Å². The van der Waals surface area contributed by atoms with Gasteiger partial charge in [0.05, 0.1) is 15.6 Å². The normalized spacial score (nSPS) is 10.9. The number of rotatable bonds is 6. The Kier molecular flexibility index (Phi) is 6.20. The standard InChI is InChI=1S/C20H17IN2O4S/c1-27-19-12-7-14(13-18(19)21)20(24)22-15-8-10-17(11-9-15)28(25,26)23-16-5-3-2-4-6-16/h2-13,23H,1H3,(H,22,24). The molecular formula is C20H17IN2O4S. The summed E-state index contributed by atoms with van der Waals surface area (Å²) in [5.74, 6) is 0.399. The number of hydrogen-bond donors (Lipinski definition) is 2. The highest BCUT2D eigenvalue weighted by molar-refractivity contribution is 14.1. The zero-order valence-electron chi connectivity index (χ0n) is 14.8. The van der Waals surface area contributed by atoms with Crippen molar-refractivity contribution >= 4 is 49.9 Å². The van der Waals surface area contributed by atoms with E-state index in [2.05, 4.69) is 32.6 Å². The first-order valence-corrected chi connectivity index (χ1v) is 10.8. The van der Waals surface area contributed by atoms with Crippen molar-refractivity contribution in [2.45, 2.75) is 4.90 Å². The second kappa shape index (κ2) is 8.61. The van der Waals surface area contributed by atoms with Crippen LogP contribution in [0, 0.1) is 3.57 Å². The van der Waals surface area contributed by atoms with Crippen molar-refractivity contribution in [3.8, 4) is 5.75 Å². The summed E-state index contributed by atoms with van der Waals surface area (Å²) >= 11 is 2.09. The molecule has 0 unspecified atom stereocenters. The summed E-state index contributed by atoms with van der Waals surface area (Å²) in [4.78, 5) is 12.5. The molecule has 8 heteroatoms. The van der Waals surface area contributed by atoms with Gasteiger partial charge in [0, 0.05) is 16.9 Å². The van der Waals surface area contributed by atoms with Crippen LogP contribution in [0.25, 0.3) is 0 Å². The third kappa shape index (κ3) is 4.82. The van der Waals surface area contributed by atoms with E-state index < -0.39 is 10.0 Å². The van der Waals surface area contributed by atoms with Gasteiger partial charge in [0.15, 0.2) is 0 Å². The number of sulfonamides is 1. The highest BCUT2D eigenvalue weighted by Gasteiger charge is 2.15. The quantitative estimate of drug-likeness (QED) is 0.485. The van der Waals surface area contributed by atoms with E-state index in [1.165, 1.54) is 12.1 Å². The number of benzene rings is 3. The van der Waals surface area contributed by atoms with Gasteiger partial charge in [0.25, 0.3) is 15.9 Å². The molecule has 3 aromatic carbocycles. The van der Waals surface area contributed by atoms with Crippen molar-refractivity contribution in [2.75, 3.05) is 17.1 Å². The first-order valence-electron chi connectivity index (χ1n) is 8.22. The molecule has 0 heterocycles. The molecule has 0 saturated heterocycles. The molecule has 0 aromatic heterocycles. The first-order chi connectivity index (χ1) is 13.4. The molecule has 0 bridgehead atoms. The van der Waals surface area contributed by atoms with Gasteiger partial charge in [-0.3, -0.25) is 9.52 Å². The number of halogens is 1. The number of nitrogens with one attached hydrogen (secondary N) is 2. The Morgan fingerprint density at radius 1 is 0.929 bits per heavy atom. The molecule has 2 N–H and O–H groups in total. The minimum Gasteiger partial charge on any atom is -0.496 e. The lowest BCUT2D eigenvalue weighted by molar-refractivity contribution is 0.102. The number of methoxy groups -OCH3 is 1. The number of hydrogen-bond acceptors (Lipinski definition) is 4. The van der Waals surface area contributed by atoms with E-state index in [0.717, 1.165) is 3.57 Å². The number of carbonyl (C=O) groups excluding carboxylic acids is 1. The average molecular weight is 508 g/mol. The molecule has 0 aliphatic carbocycles. The number of para-hydroxylation sites is 1. The molecule has 6 nitrogen and oxygen atoms in total. The van der Waals surface area contributed by atoms with E-state index in [0.29, 0.717) is 22.7 Å². The molecule has 0 aliphatic heterocycles. The van der Waals surface area contributed by atoms with Crippen LogP contribution in [0.15, 0.2) is 77.7 Å². The van der Waals surface area contributed by atoms with Crippen LogP contribution in [0.4, 0.5) is 11.4 Å². The highest BCUT2D eigenvalue weighted by Crippen LogP contribution is 2.23. The fourth-order valence-electron chi connectivity index (χ4n) is 2.45. The van der Waals surface area contributed by atoms with Crippen molar-refractivity contribution in [3.63, 3.8) is 0 Å². The summed E-state index contributed by atoms with van der Waals surface area (Å²) in [5.41, 5.74) is 1.45. The summed E-state index contributed by atoms with van der Waals surface area (Å²) in [6, 6.07) is 19.7. The highest BCUT2D eigenvalue weighted by atomic mass is 127. The summed E-state index contributed by atoms with van der Waals surface area (Å²) in [5, 5.41) is 2.75. The molecule has 28 heavy (non-hydrogen) atoms. The molecule has 0 aliphatic rings. The molecule has 0 radical (unpaired) electrons. The van der Waals surface area contributed by atoms with Gasteiger partial charge in [-0.15, -0.1) is 0 Å². The predicted molar refractivity (Wildman–Crippen MR) is 117 cm³/mol. The van der Waals surface area contributed by atoms with Gasteiger partial charge in [-0.25, -0.2) is 8.42 Å². The van der Waals surface area contributed by atoms with Gasteiger partial charge in [-0.05, 0) is 77.2 Å². The third-order valence-electron chi connectivity index (χ3n) is 3.86. The van der Waals surface area contributed by atoms with E-state index in [-0.39, 0.29) is 10.8 Å². The van der Waals surface area contributed by atoms with Crippen molar-refractivity contribution in [1.29, 1.82) is 0 Å². The van der Waals surface area contributed by atoms with Crippen LogP contribution >= 0.6 is 22.6 Å². The van der Waals surface area contributed by atoms with Crippen LogP contribution in [0.3, 0.4) is 0 Å². The van der Waals surface area contributed by atoms with Crippen molar-refractivity contribution < 1.29 is 17.9 Å². The van der Waals surface area contributed by atoms with E-state index >= 15 is 0 Å². The Morgan fingerprint density at radius 2 is 1.61 bits per heavy atom. The first kappa shape index (κ1) is 20.2. The second-order valence-electron chi connectivity index (χ2n) is 5.80. The summed E-state index contributed by atoms with van der Waals surface area (Å²) in [6.45, 7) is 0. The number of ether oxygens (including phenoxy) is 1. The van der Waals surface area contributed by atoms with Crippen LogP contribution < -0.4 is 14.8 Å². The lowest BCUT2D eigenvalue weighted by Gasteiger charge is -2.10. The van der Waals surface area contributed by atoms with Gasteiger partial charge in [-0.2, -0.15) is 0 Å². The Bertz CT molecular complexity index is 1080. The van der Waals surface area contributed by atoms with Crippen LogP contribution in [-0.4, -0.2) is 21.4 Å². The van der Waals surface area contributed by atoms with Gasteiger partial charge in [-0.1, -0.05) is 18.2 Å². The molecule has 144 valence electrons. The van der Waals surface area contributed by atoms with Crippen molar-refractivity contribution in [2.24, 2.45) is 0 Å². The molecule has 3 aromatic rings. The molecule has 0 atom stereocenters. The van der Waals surface area contributed by atoms with Crippen molar-refractivity contribution in [1.82, 2.24) is 0 Å². The number of carbonyl (C=O) groups is 1. The summed E-state index contributed by atoms with van der Waals surface area (Å²) < 4.78 is 33.4. The molecule has 0 fully saturated rings. The van der Waals surface area contributed by atoms with Crippen LogP contribution in [-0.2, 0) is 10.0 Å². The predicted octanol–water partition coefficient (Wildman–Crippen LogP) is 4.35. The number of amides is 1. The molecule has 0 spiro atoms. The van der Waals surface area contributed by atoms with E-state index in [9.17, 15) is 13.2 Å². The lowest BCUT2D eigenvalue weighted by atomic mass is 10.2. The van der Waals surface area contributed by atoms with E-state index in [4.69, 9.17) is 4.74 Å². The summed E-state index contributed by atoms with van der Waals surface area (Å²) in [6.07, 6.45) is 0. The Hall–Kier alpha value is -2.59.